The third-order valence-corrected chi connectivity index (χ3v) is 4.48. The lowest BCUT2D eigenvalue weighted by Crippen LogP contribution is -2.43. The molecule has 0 aliphatic rings. The molecule has 0 fully saturated rings. The van der Waals surface area contributed by atoms with Crippen LogP contribution in [0.3, 0.4) is 0 Å². The van der Waals surface area contributed by atoms with Crippen LogP contribution in [0, 0.1) is 11.6 Å². The van der Waals surface area contributed by atoms with Crippen molar-refractivity contribution in [3.63, 3.8) is 0 Å². The molecule has 1 amide bonds. The van der Waals surface area contributed by atoms with Crippen LogP contribution >= 0.6 is 0 Å². The lowest BCUT2D eigenvalue weighted by atomic mass is 10.0. The molecule has 0 heterocycles. The minimum atomic E-state index is -1.17. The largest absolute Gasteiger partial charge is 0.480 e. The van der Waals surface area contributed by atoms with Gasteiger partial charge in [0, 0.05) is 6.42 Å². The zero-order valence-corrected chi connectivity index (χ0v) is 15.4. The molecule has 0 aromatic heterocycles. The fraction of sp³-hybridized carbons (Fsp3) is 0.130. The molecule has 148 valence electrons. The SMILES string of the molecule is O=C(Cc1ccc(F)c(F)c1)N[C@@H](Cc1ccc(-c2ccccc2)cc1)C(=O)O. The summed E-state index contributed by atoms with van der Waals surface area (Å²) < 4.78 is 26.2. The van der Waals surface area contributed by atoms with Gasteiger partial charge in [0.25, 0.3) is 0 Å². The maximum absolute atomic E-state index is 13.3. The number of rotatable bonds is 7. The first-order chi connectivity index (χ1) is 13.9. The van der Waals surface area contributed by atoms with Gasteiger partial charge in [-0.25, -0.2) is 13.6 Å². The molecule has 0 saturated carbocycles. The fourth-order valence-corrected chi connectivity index (χ4v) is 2.98. The van der Waals surface area contributed by atoms with Crippen LogP contribution in [-0.2, 0) is 22.4 Å². The monoisotopic (exact) mass is 395 g/mol. The fourth-order valence-electron chi connectivity index (χ4n) is 2.98. The summed E-state index contributed by atoms with van der Waals surface area (Å²) in [5.41, 5.74) is 3.07. The van der Waals surface area contributed by atoms with Gasteiger partial charge in [-0.2, -0.15) is 0 Å². The van der Waals surface area contributed by atoms with Crippen molar-refractivity contribution >= 4 is 11.9 Å². The van der Waals surface area contributed by atoms with Crippen molar-refractivity contribution < 1.29 is 23.5 Å². The standard InChI is InChI=1S/C23H19F2NO3/c24-19-11-8-16(12-20(19)25)14-22(27)26-21(23(28)29)13-15-6-9-18(10-7-15)17-4-2-1-3-5-17/h1-12,21H,13-14H2,(H,26,27)(H,28,29)/t21-/m0/s1. The number of hydrogen-bond donors (Lipinski definition) is 2. The van der Waals surface area contributed by atoms with Crippen LogP contribution in [-0.4, -0.2) is 23.0 Å². The number of aliphatic carboxylic acids is 1. The summed E-state index contributed by atoms with van der Waals surface area (Å²) in [5, 5.41) is 11.9. The Morgan fingerprint density at radius 3 is 2.07 bits per heavy atom. The number of carbonyl (C=O) groups excluding carboxylic acids is 1. The van der Waals surface area contributed by atoms with E-state index in [0.29, 0.717) is 0 Å². The minimum absolute atomic E-state index is 0.105. The number of nitrogens with one attached hydrogen (secondary N) is 1. The Kier molecular flexibility index (Phi) is 6.34. The van der Waals surface area contributed by atoms with E-state index in [0.717, 1.165) is 28.8 Å². The van der Waals surface area contributed by atoms with Crippen molar-refractivity contribution in [2.75, 3.05) is 0 Å². The number of hydrogen-bond acceptors (Lipinski definition) is 2. The van der Waals surface area contributed by atoms with E-state index in [1.54, 1.807) is 0 Å². The van der Waals surface area contributed by atoms with Crippen molar-refractivity contribution in [1.82, 2.24) is 5.32 Å². The molecule has 29 heavy (non-hydrogen) atoms. The molecule has 3 rings (SSSR count). The van der Waals surface area contributed by atoms with Crippen LogP contribution in [0.2, 0.25) is 0 Å². The smallest absolute Gasteiger partial charge is 0.326 e. The Morgan fingerprint density at radius 1 is 0.828 bits per heavy atom. The molecule has 0 spiro atoms. The number of amides is 1. The highest BCUT2D eigenvalue weighted by Gasteiger charge is 2.21. The van der Waals surface area contributed by atoms with Gasteiger partial charge < -0.3 is 10.4 Å². The van der Waals surface area contributed by atoms with Gasteiger partial charge >= 0.3 is 5.97 Å². The minimum Gasteiger partial charge on any atom is -0.480 e. The zero-order chi connectivity index (χ0) is 20.8. The molecule has 3 aromatic rings. The van der Waals surface area contributed by atoms with E-state index in [2.05, 4.69) is 5.32 Å². The van der Waals surface area contributed by atoms with Crippen LogP contribution < -0.4 is 5.32 Å². The van der Waals surface area contributed by atoms with Crippen molar-refractivity contribution in [3.05, 3.63) is 95.6 Å². The summed E-state index contributed by atoms with van der Waals surface area (Å²) in [5.74, 6) is -3.81. The highest BCUT2D eigenvalue weighted by molar-refractivity contribution is 5.85. The van der Waals surface area contributed by atoms with Crippen LogP contribution in [0.5, 0.6) is 0 Å². The summed E-state index contributed by atoms with van der Waals surface area (Å²) in [6, 6.07) is 19.2. The Balaban J connectivity index is 1.64. The molecule has 0 saturated heterocycles. The first-order valence-corrected chi connectivity index (χ1v) is 9.03. The Hall–Kier alpha value is -3.54. The van der Waals surface area contributed by atoms with E-state index >= 15 is 0 Å². The van der Waals surface area contributed by atoms with Gasteiger partial charge in [-0.1, -0.05) is 60.7 Å². The Labute approximate surface area is 166 Å². The number of carboxylic acids is 1. The number of carboxylic acid groups (broad SMARTS) is 1. The molecular weight excluding hydrogens is 376 g/mol. The quantitative estimate of drug-likeness (QED) is 0.636. The summed E-state index contributed by atoms with van der Waals surface area (Å²) in [4.78, 5) is 23.7. The van der Waals surface area contributed by atoms with Gasteiger partial charge in [-0.3, -0.25) is 4.79 Å². The van der Waals surface area contributed by atoms with Gasteiger partial charge in [0.1, 0.15) is 6.04 Å². The normalized spacial score (nSPS) is 11.7. The predicted molar refractivity (Wildman–Crippen MR) is 105 cm³/mol. The van der Waals surface area contributed by atoms with E-state index in [1.807, 2.05) is 54.6 Å². The van der Waals surface area contributed by atoms with E-state index in [9.17, 15) is 23.5 Å². The summed E-state index contributed by atoms with van der Waals surface area (Å²) >= 11 is 0. The first kappa shape index (κ1) is 20.2. The predicted octanol–water partition coefficient (Wildman–Crippen LogP) is 3.99. The van der Waals surface area contributed by atoms with Gasteiger partial charge in [0.15, 0.2) is 11.6 Å². The highest BCUT2D eigenvalue weighted by Crippen LogP contribution is 2.20. The number of carbonyl (C=O) groups is 2. The Bertz CT molecular complexity index is 1000. The molecule has 0 radical (unpaired) electrons. The maximum Gasteiger partial charge on any atom is 0.326 e. The van der Waals surface area contributed by atoms with E-state index in [1.165, 1.54) is 6.07 Å². The average Bonchev–Trinajstić information content (AvgIpc) is 2.71. The van der Waals surface area contributed by atoms with Crippen LogP contribution in [0.1, 0.15) is 11.1 Å². The second kappa shape index (κ2) is 9.10. The van der Waals surface area contributed by atoms with E-state index in [-0.39, 0.29) is 18.4 Å². The van der Waals surface area contributed by atoms with Gasteiger partial charge in [0.2, 0.25) is 5.91 Å². The highest BCUT2D eigenvalue weighted by atomic mass is 19.2. The first-order valence-electron chi connectivity index (χ1n) is 9.03. The number of benzene rings is 3. The lowest BCUT2D eigenvalue weighted by molar-refractivity contribution is -0.141. The maximum atomic E-state index is 13.3. The number of halogens is 2. The Morgan fingerprint density at radius 2 is 1.45 bits per heavy atom. The van der Waals surface area contributed by atoms with Crippen molar-refractivity contribution in [2.24, 2.45) is 0 Å². The topological polar surface area (TPSA) is 66.4 Å². The molecule has 0 aliphatic carbocycles. The van der Waals surface area contributed by atoms with Crippen LogP contribution in [0.25, 0.3) is 11.1 Å². The molecule has 0 bridgehead atoms. The molecule has 1 atom stereocenters. The van der Waals surface area contributed by atoms with Crippen molar-refractivity contribution in [1.29, 1.82) is 0 Å². The second-order valence-corrected chi connectivity index (χ2v) is 6.65. The average molecular weight is 395 g/mol. The second-order valence-electron chi connectivity index (χ2n) is 6.65. The summed E-state index contributed by atoms with van der Waals surface area (Å²) in [6.07, 6.45) is -0.137. The molecule has 2 N–H and O–H groups in total. The van der Waals surface area contributed by atoms with E-state index in [4.69, 9.17) is 0 Å². The molecular formula is C23H19F2NO3. The molecule has 6 heteroatoms. The van der Waals surface area contributed by atoms with Crippen molar-refractivity contribution in [3.8, 4) is 11.1 Å². The van der Waals surface area contributed by atoms with Crippen LogP contribution in [0.4, 0.5) is 8.78 Å². The van der Waals surface area contributed by atoms with Gasteiger partial charge in [0.05, 0.1) is 6.42 Å². The van der Waals surface area contributed by atoms with E-state index < -0.39 is 29.6 Å². The van der Waals surface area contributed by atoms with Crippen LogP contribution in [0.15, 0.2) is 72.8 Å². The molecule has 4 nitrogen and oxygen atoms in total. The van der Waals surface area contributed by atoms with Gasteiger partial charge in [-0.05, 0) is 34.4 Å². The third kappa shape index (κ3) is 5.48. The lowest BCUT2D eigenvalue weighted by Gasteiger charge is -2.15. The summed E-state index contributed by atoms with van der Waals surface area (Å²) in [6.45, 7) is 0. The summed E-state index contributed by atoms with van der Waals surface area (Å²) in [7, 11) is 0. The van der Waals surface area contributed by atoms with Crippen molar-refractivity contribution in [2.45, 2.75) is 18.9 Å². The molecule has 0 unspecified atom stereocenters. The molecule has 0 aliphatic heterocycles. The third-order valence-electron chi connectivity index (χ3n) is 4.48. The molecule has 3 aromatic carbocycles. The zero-order valence-electron chi connectivity index (χ0n) is 15.4. The van der Waals surface area contributed by atoms with Gasteiger partial charge in [-0.15, -0.1) is 0 Å².